The molecular formula is C18H51N4O-. The first-order chi connectivity index (χ1) is 10.6. The second-order valence-electron chi connectivity index (χ2n) is 4.36. The van der Waals surface area contributed by atoms with Crippen LogP contribution >= 0.6 is 0 Å². The Labute approximate surface area is 149 Å². The molecule has 5 heteroatoms. The Bertz CT molecular complexity index is 113. The molecule has 1 unspecified atom stereocenters. The van der Waals surface area contributed by atoms with Crippen LogP contribution in [-0.4, -0.2) is 62.2 Å². The van der Waals surface area contributed by atoms with E-state index < -0.39 is 0 Å². The molecule has 0 amide bonds. The average molecular weight is 340 g/mol. The van der Waals surface area contributed by atoms with Crippen LogP contribution < -0.4 is 21.3 Å². The molecule has 0 aliphatic rings. The van der Waals surface area contributed by atoms with E-state index in [4.69, 9.17) is 0 Å². The third-order valence-electron chi connectivity index (χ3n) is 1.90. The number of hydrogen-bond donors (Lipinski definition) is 4. The minimum Gasteiger partial charge on any atom is -0.388 e. The molecule has 5 nitrogen and oxygen atoms in total. The third kappa shape index (κ3) is 110. The van der Waals surface area contributed by atoms with Crippen molar-refractivity contribution in [2.45, 2.75) is 48.0 Å². The van der Waals surface area contributed by atoms with E-state index in [1.54, 1.807) is 14.2 Å². The highest BCUT2D eigenvalue weighted by Gasteiger charge is 1.93. The first-order valence-electron chi connectivity index (χ1n) is 8.33. The lowest BCUT2D eigenvalue weighted by molar-refractivity contribution is 0.277. The zero-order chi connectivity index (χ0) is 18.6. The second-order valence-corrected chi connectivity index (χ2v) is 4.36. The predicted molar refractivity (Wildman–Crippen MR) is 111 cm³/mol. The molecule has 0 rings (SSSR count). The van der Waals surface area contributed by atoms with Gasteiger partial charge in [-0.2, -0.15) is 6.42 Å². The van der Waals surface area contributed by atoms with E-state index in [1.807, 2.05) is 42.0 Å². The molecule has 0 bridgehead atoms. The van der Waals surface area contributed by atoms with E-state index in [1.165, 1.54) is 6.42 Å². The Balaban J connectivity index is -0.0000000443. The largest absolute Gasteiger partial charge is 0.388 e. The molecule has 0 aliphatic carbocycles. The quantitative estimate of drug-likeness (QED) is 0.326. The van der Waals surface area contributed by atoms with Crippen molar-refractivity contribution in [3.8, 4) is 0 Å². The van der Waals surface area contributed by atoms with Gasteiger partial charge in [-0.1, -0.05) is 41.5 Å². The number of methoxy groups -OCH3 is 1. The zero-order valence-electron chi connectivity index (χ0n) is 17.2. The Hall–Kier alpha value is -0.200. The van der Waals surface area contributed by atoms with Crippen LogP contribution in [0.15, 0.2) is 0 Å². The van der Waals surface area contributed by atoms with Crippen LogP contribution in [0.3, 0.4) is 0 Å². The molecule has 1 atom stereocenters. The van der Waals surface area contributed by atoms with Crippen molar-refractivity contribution >= 4 is 0 Å². The number of hydrogen-bond acceptors (Lipinski definition) is 5. The smallest absolute Gasteiger partial charge is 0.0449 e. The van der Waals surface area contributed by atoms with Crippen LogP contribution in [0.2, 0.25) is 0 Å². The molecule has 0 aromatic heterocycles. The van der Waals surface area contributed by atoms with Crippen molar-refractivity contribution in [3.05, 3.63) is 6.92 Å². The summed E-state index contributed by atoms with van der Waals surface area (Å²) in [7, 11) is 10.8. The fourth-order valence-corrected chi connectivity index (χ4v) is 0.795. The highest BCUT2D eigenvalue weighted by Crippen LogP contribution is 1.96. The number of rotatable bonds is 7. The minimum absolute atomic E-state index is 0. The maximum atomic E-state index is 4.25. The van der Waals surface area contributed by atoms with Crippen molar-refractivity contribution < 1.29 is 4.74 Å². The van der Waals surface area contributed by atoms with Crippen LogP contribution in [0.4, 0.5) is 0 Å². The monoisotopic (exact) mass is 339 g/mol. The van der Waals surface area contributed by atoms with E-state index in [-0.39, 0.29) is 7.43 Å². The molecule has 0 radical (unpaired) electrons. The van der Waals surface area contributed by atoms with Crippen LogP contribution in [0.5, 0.6) is 0 Å². The summed E-state index contributed by atoms with van der Waals surface area (Å²) in [6, 6.07) is 0. The summed E-state index contributed by atoms with van der Waals surface area (Å²) in [6.07, 6.45) is 2.26. The third-order valence-corrected chi connectivity index (χ3v) is 1.90. The van der Waals surface area contributed by atoms with Gasteiger partial charge >= 0.3 is 0 Å². The van der Waals surface area contributed by atoms with Crippen molar-refractivity contribution in [1.29, 1.82) is 0 Å². The van der Waals surface area contributed by atoms with Crippen LogP contribution in [0.1, 0.15) is 48.0 Å². The number of ether oxygens (including phenoxy) is 1. The van der Waals surface area contributed by atoms with Crippen molar-refractivity contribution in [3.63, 3.8) is 0 Å². The predicted octanol–water partition coefficient (Wildman–Crippen LogP) is 2.99. The molecule has 0 heterocycles. The summed E-state index contributed by atoms with van der Waals surface area (Å²) in [4.78, 5) is 0. The minimum atomic E-state index is 0. The van der Waals surface area contributed by atoms with E-state index in [2.05, 4.69) is 46.8 Å². The van der Waals surface area contributed by atoms with E-state index in [9.17, 15) is 0 Å². The maximum absolute atomic E-state index is 4.25. The summed E-state index contributed by atoms with van der Waals surface area (Å²) < 4.78 is 4.25. The first-order valence-corrected chi connectivity index (χ1v) is 8.33. The van der Waals surface area contributed by atoms with Gasteiger partial charge in [-0.3, -0.25) is 0 Å². The zero-order valence-corrected chi connectivity index (χ0v) is 17.2. The van der Waals surface area contributed by atoms with Gasteiger partial charge in [0.15, 0.2) is 0 Å². The molecule has 0 spiro atoms. The van der Waals surface area contributed by atoms with Gasteiger partial charge in [-0.05, 0) is 47.2 Å². The molecule has 0 aromatic rings. The molecule has 4 N–H and O–H groups in total. The second kappa shape index (κ2) is 57.6. The summed E-state index contributed by atoms with van der Waals surface area (Å²) in [5.74, 6) is 0.816. The summed E-state index contributed by atoms with van der Waals surface area (Å²) in [5, 5.41) is 11.9. The van der Waals surface area contributed by atoms with Gasteiger partial charge in [-0.25, -0.2) is 0 Å². The number of nitrogens with one attached hydrogen (secondary N) is 4. The van der Waals surface area contributed by atoms with E-state index in [0.29, 0.717) is 0 Å². The summed E-state index contributed by atoms with van der Waals surface area (Å²) in [6.45, 7) is 15.3. The van der Waals surface area contributed by atoms with Gasteiger partial charge in [-0.15, -0.1) is 0 Å². The van der Waals surface area contributed by atoms with E-state index in [0.717, 1.165) is 32.1 Å². The topological polar surface area (TPSA) is 57.3 Å². The standard InChI is InChI=1S/C8H18N.C3H10N2.C2H7N.C2H6O.C2H6.CH4/c1-4-6-9-7-8(3)5-2;1-4-3-5-2;2*1-3-2;1-2;/h8-9H,1,4-7H2,2-3H3;4-5H,3H2,1-2H3;3H,1-2H3;1-2H3;1-2H3;1H4/q-1;;;;;. The Morgan fingerprint density at radius 1 is 1.00 bits per heavy atom. The Morgan fingerprint density at radius 2 is 1.35 bits per heavy atom. The highest BCUT2D eigenvalue weighted by atomic mass is 16.4. The molecule has 0 saturated heterocycles. The van der Waals surface area contributed by atoms with Gasteiger partial charge in [0.1, 0.15) is 0 Å². The Morgan fingerprint density at radius 3 is 1.52 bits per heavy atom. The molecule has 0 fully saturated rings. The van der Waals surface area contributed by atoms with Crippen LogP contribution in [0, 0.1) is 12.8 Å². The van der Waals surface area contributed by atoms with Crippen molar-refractivity contribution in [2.75, 3.05) is 62.2 Å². The van der Waals surface area contributed by atoms with Gasteiger partial charge < -0.3 is 32.9 Å². The lowest BCUT2D eigenvalue weighted by atomic mass is 10.1. The molecule has 0 aliphatic heterocycles. The van der Waals surface area contributed by atoms with Crippen LogP contribution in [-0.2, 0) is 4.74 Å². The SMILES string of the molecule is C.CC.CNC.CNCNC.COC.[CH2-]CCNCC(C)CC. The average Bonchev–Trinajstić information content (AvgIpc) is 2.52. The fourth-order valence-electron chi connectivity index (χ4n) is 0.795. The highest BCUT2D eigenvalue weighted by molar-refractivity contribution is 4.54. The van der Waals surface area contributed by atoms with Gasteiger partial charge in [0, 0.05) is 20.9 Å². The molecule has 23 heavy (non-hydrogen) atoms. The first kappa shape index (κ1) is 38.4. The van der Waals surface area contributed by atoms with Crippen molar-refractivity contribution in [2.24, 2.45) is 5.92 Å². The lowest BCUT2D eigenvalue weighted by Crippen LogP contribution is -2.21. The molecular weight excluding hydrogens is 288 g/mol. The van der Waals surface area contributed by atoms with E-state index >= 15 is 0 Å². The van der Waals surface area contributed by atoms with Gasteiger partial charge in [0.05, 0.1) is 0 Å². The maximum Gasteiger partial charge on any atom is 0.0449 e. The normalized spacial score (nSPS) is 9.00. The fraction of sp³-hybridized carbons (Fsp3) is 0.944. The van der Waals surface area contributed by atoms with Crippen molar-refractivity contribution in [1.82, 2.24) is 21.3 Å². The van der Waals surface area contributed by atoms with Gasteiger partial charge in [0.25, 0.3) is 0 Å². The molecule has 0 saturated carbocycles. The Kier molecular flexibility index (Phi) is 96.1. The summed E-state index contributed by atoms with van der Waals surface area (Å²) >= 11 is 0. The van der Waals surface area contributed by atoms with Crippen LogP contribution in [0.25, 0.3) is 0 Å². The summed E-state index contributed by atoms with van der Waals surface area (Å²) in [5.41, 5.74) is 0. The van der Waals surface area contributed by atoms with Gasteiger partial charge in [0.2, 0.25) is 0 Å². The lowest BCUT2D eigenvalue weighted by Gasteiger charge is -2.09. The molecule has 0 aromatic carbocycles. The molecule has 150 valence electrons.